The van der Waals surface area contributed by atoms with Crippen molar-refractivity contribution in [1.29, 1.82) is 0 Å². The number of nitrogens with one attached hydrogen (secondary N) is 1. The molecule has 0 aliphatic heterocycles. The van der Waals surface area contributed by atoms with Gasteiger partial charge in [0.05, 0.1) is 6.42 Å². The van der Waals surface area contributed by atoms with Crippen molar-refractivity contribution in [2.24, 2.45) is 0 Å². The van der Waals surface area contributed by atoms with E-state index in [4.69, 9.17) is 4.42 Å². The Kier molecular flexibility index (Phi) is 4.42. The summed E-state index contributed by atoms with van der Waals surface area (Å²) in [4.78, 5) is 16.7. The molecule has 4 rings (SSSR count). The summed E-state index contributed by atoms with van der Waals surface area (Å²) in [6.07, 6.45) is 0.170. The van der Waals surface area contributed by atoms with Crippen LogP contribution in [0.4, 0.5) is 10.1 Å². The number of aromatic nitrogens is 1. The first kappa shape index (κ1) is 17.0. The van der Waals surface area contributed by atoms with E-state index in [1.807, 2.05) is 37.3 Å². The SMILES string of the molecule is Cc1ccccc1-c1nc2ccc(NC(=O)Cc3ccc(F)cc3)cc2o1. The van der Waals surface area contributed by atoms with Crippen LogP contribution in [-0.2, 0) is 11.2 Å². The van der Waals surface area contributed by atoms with Gasteiger partial charge < -0.3 is 9.73 Å². The number of rotatable bonds is 4. The van der Waals surface area contributed by atoms with Gasteiger partial charge in [-0.1, -0.05) is 30.3 Å². The topological polar surface area (TPSA) is 55.1 Å². The van der Waals surface area contributed by atoms with E-state index >= 15 is 0 Å². The fraction of sp³-hybridized carbons (Fsp3) is 0.0909. The number of carbonyl (C=O) groups excluding carboxylic acids is 1. The van der Waals surface area contributed by atoms with Gasteiger partial charge >= 0.3 is 0 Å². The number of amides is 1. The molecule has 0 atom stereocenters. The van der Waals surface area contributed by atoms with Crippen LogP contribution >= 0.6 is 0 Å². The van der Waals surface area contributed by atoms with Gasteiger partial charge in [-0.25, -0.2) is 9.37 Å². The normalized spacial score (nSPS) is 10.9. The van der Waals surface area contributed by atoms with Crippen LogP contribution in [0.25, 0.3) is 22.6 Å². The van der Waals surface area contributed by atoms with Gasteiger partial charge in [-0.15, -0.1) is 0 Å². The van der Waals surface area contributed by atoms with Gasteiger partial charge in [0.15, 0.2) is 5.58 Å². The maximum absolute atomic E-state index is 13.0. The fourth-order valence-corrected chi connectivity index (χ4v) is 2.92. The van der Waals surface area contributed by atoms with Crippen LogP contribution < -0.4 is 5.32 Å². The second kappa shape index (κ2) is 7.03. The lowest BCUT2D eigenvalue weighted by molar-refractivity contribution is -0.115. The zero-order chi connectivity index (χ0) is 18.8. The van der Waals surface area contributed by atoms with Crippen LogP contribution in [0, 0.1) is 12.7 Å². The van der Waals surface area contributed by atoms with Crippen molar-refractivity contribution in [2.45, 2.75) is 13.3 Å². The van der Waals surface area contributed by atoms with Crippen molar-refractivity contribution < 1.29 is 13.6 Å². The third kappa shape index (κ3) is 3.72. The lowest BCUT2D eigenvalue weighted by atomic mass is 10.1. The summed E-state index contributed by atoms with van der Waals surface area (Å²) in [6.45, 7) is 2.01. The van der Waals surface area contributed by atoms with E-state index < -0.39 is 0 Å². The van der Waals surface area contributed by atoms with Crippen LogP contribution in [0.15, 0.2) is 71.1 Å². The number of benzene rings is 3. The molecule has 0 aliphatic rings. The molecule has 0 saturated carbocycles. The summed E-state index contributed by atoms with van der Waals surface area (Å²) in [5.41, 5.74) is 4.73. The molecule has 0 fully saturated rings. The first-order valence-electron chi connectivity index (χ1n) is 8.59. The molecule has 1 amide bonds. The summed E-state index contributed by atoms with van der Waals surface area (Å²) in [7, 11) is 0. The summed E-state index contributed by atoms with van der Waals surface area (Å²) in [5.74, 6) is 0.0527. The molecule has 1 aromatic heterocycles. The number of aryl methyl sites for hydroxylation is 1. The Balaban J connectivity index is 1.54. The molecule has 4 aromatic rings. The van der Waals surface area contributed by atoms with Gasteiger partial charge in [0.1, 0.15) is 11.3 Å². The number of oxazole rings is 1. The first-order chi connectivity index (χ1) is 13.1. The molecule has 3 aromatic carbocycles. The number of anilines is 1. The van der Waals surface area contributed by atoms with Gasteiger partial charge in [0.2, 0.25) is 11.8 Å². The highest BCUT2D eigenvalue weighted by Gasteiger charge is 2.11. The second-order valence-electron chi connectivity index (χ2n) is 6.37. The van der Waals surface area contributed by atoms with Crippen LogP contribution in [0.1, 0.15) is 11.1 Å². The number of fused-ring (bicyclic) bond motifs is 1. The average Bonchev–Trinajstić information content (AvgIpc) is 3.07. The largest absolute Gasteiger partial charge is 0.436 e. The minimum atomic E-state index is -0.320. The van der Waals surface area contributed by atoms with E-state index in [1.54, 1.807) is 24.3 Å². The van der Waals surface area contributed by atoms with Gasteiger partial charge in [0.25, 0.3) is 0 Å². The van der Waals surface area contributed by atoms with Gasteiger partial charge in [-0.05, 0) is 48.4 Å². The summed E-state index contributed by atoms with van der Waals surface area (Å²) in [6, 6.07) is 19.1. The van der Waals surface area contributed by atoms with Gasteiger partial charge in [-0.3, -0.25) is 4.79 Å². The molecule has 0 unspecified atom stereocenters. The van der Waals surface area contributed by atoms with Crippen molar-refractivity contribution in [3.8, 4) is 11.5 Å². The third-order valence-electron chi connectivity index (χ3n) is 4.33. The Morgan fingerprint density at radius 2 is 1.85 bits per heavy atom. The Bertz CT molecular complexity index is 1120. The van der Waals surface area contributed by atoms with Crippen LogP contribution in [0.5, 0.6) is 0 Å². The Morgan fingerprint density at radius 1 is 1.07 bits per heavy atom. The molecular formula is C22H17FN2O2. The highest BCUT2D eigenvalue weighted by molar-refractivity contribution is 5.94. The maximum Gasteiger partial charge on any atom is 0.228 e. The number of hydrogen-bond donors (Lipinski definition) is 1. The van der Waals surface area contributed by atoms with Crippen LogP contribution in [0.3, 0.4) is 0 Å². The van der Waals surface area contributed by atoms with Crippen molar-refractivity contribution >= 4 is 22.7 Å². The van der Waals surface area contributed by atoms with E-state index in [0.717, 1.165) is 22.2 Å². The fourth-order valence-electron chi connectivity index (χ4n) is 2.92. The zero-order valence-corrected chi connectivity index (χ0v) is 14.7. The Hall–Kier alpha value is -3.47. The first-order valence-corrected chi connectivity index (χ1v) is 8.59. The van der Waals surface area contributed by atoms with Gasteiger partial charge in [-0.2, -0.15) is 0 Å². The van der Waals surface area contributed by atoms with Crippen molar-refractivity contribution in [3.05, 3.63) is 83.7 Å². The number of nitrogens with zero attached hydrogens (tertiary/aromatic N) is 1. The number of hydrogen-bond acceptors (Lipinski definition) is 3. The maximum atomic E-state index is 13.0. The molecule has 0 radical (unpaired) electrons. The molecule has 1 heterocycles. The van der Waals surface area contributed by atoms with E-state index in [-0.39, 0.29) is 18.1 Å². The molecule has 0 spiro atoms. The van der Waals surface area contributed by atoms with Crippen molar-refractivity contribution in [3.63, 3.8) is 0 Å². The van der Waals surface area contributed by atoms with Gasteiger partial charge in [0, 0.05) is 17.3 Å². The highest BCUT2D eigenvalue weighted by atomic mass is 19.1. The van der Waals surface area contributed by atoms with E-state index in [9.17, 15) is 9.18 Å². The predicted molar refractivity (Wildman–Crippen MR) is 103 cm³/mol. The van der Waals surface area contributed by atoms with Crippen LogP contribution in [0.2, 0.25) is 0 Å². The van der Waals surface area contributed by atoms with Crippen LogP contribution in [-0.4, -0.2) is 10.9 Å². The molecule has 27 heavy (non-hydrogen) atoms. The quantitative estimate of drug-likeness (QED) is 0.549. The molecule has 0 aliphatic carbocycles. The van der Waals surface area contributed by atoms with E-state index in [2.05, 4.69) is 10.3 Å². The minimum absolute atomic E-state index is 0.170. The third-order valence-corrected chi connectivity index (χ3v) is 4.33. The zero-order valence-electron chi connectivity index (χ0n) is 14.7. The number of halogens is 1. The summed E-state index contributed by atoms with van der Waals surface area (Å²) < 4.78 is 18.8. The molecule has 1 N–H and O–H groups in total. The highest BCUT2D eigenvalue weighted by Crippen LogP contribution is 2.28. The lowest BCUT2D eigenvalue weighted by Gasteiger charge is -2.05. The van der Waals surface area contributed by atoms with Crippen molar-refractivity contribution in [1.82, 2.24) is 4.98 Å². The lowest BCUT2D eigenvalue weighted by Crippen LogP contribution is -2.14. The second-order valence-corrected chi connectivity index (χ2v) is 6.37. The average molecular weight is 360 g/mol. The smallest absolute Gasteiger partial charge is 0.228 e. The molecule has 5 heteroatoms. The standard InChI is InChI=1S/C22H17FN2O2/c1-14-4-2-3-5-18(14)22-25-19-11-10-17(13-20(19)27-22)24-21(26)12-15-6-8-16(23)9-7-15/h2-11,13H,12H2,1H3,(H,24,26). The Labute approximate surface area is 155 Å². The predicted octanol–water partition coefficient (Wildman–Crippen LogP) is 5.12. The van der Waals surface area contributed by atoms with E-state index in [0.29, 0.717) is 17.2 Å². The minimum Gasteiger partial charge on any atom is -0.436 e. The summed E-state index contributed by atoms with van der Waals surface area (Å²) in [5, 5.41) is 2.84. The molecular weight excluding hydrogens is 343 g/mol. The number of carbonyl (C=O) groups is 1. The van der Waals surface area contributed by atoms with Crippen molar-refractivity contribution in [2.75, 3.05) is 5.32 Å². The Morgan fingerprint density at radius 3 is 2.63 bits per heavy atom. The van der Waals surface area contributed by atoms with E-state index in [1.165, 1.54) is 12.1 Å². The summed E-state index contributed by atoms with van der Waals surface area (Å²) >= 11 is 0. The molecule has 4 nitrogen and oxygen atoms in total. The monoisotopic (exact) mass is 360 g/mol. The molecule has 134 valence electrons. The molecule has 0 bridgehead atoms. The molecule has 0 saturated heterocycles.